The molecule has 80 valence electrons. The average molecular weight is 206 g/mol. The summed E-state index contributed by atoms with van der Waals surface area (Å²) in [5, 5.41) is 0. The molecule has 0 N–H and O–H groups in total. The number of hydrogen-bond donors (Lipinski definition) is 0. The molecule has 0 heterocycles. The van der Waals surface area contributed by atoms with Crippen molar-refractivity contribution < 1.29 is 14.3 Å². The third-order valence-corrected chi connectivity index (χ3v) is 3.09. The fraction of sp³-hybridized carbons (Fsp3) is 0.417. The first-order chi connectivity index (χ1) is 7.11. The van der Waals surface area contributed by atoms with Gasteiger partial charge in [-0.15, -0.1) is 0 Å². The highest BCUT2D eigenvalue weighted by Crippen LogP contribution is 2.43. The zero-order valence-corrected chi connectivity index (χ0v) is 9.16. The summed E-state index contributed by atoms with van der Waals surface area (Å²) in [6.45, 7) is 1.90. The van der Waals surface area contributed by atoms with Gasteiger partial charge in [0.1, 0.15) is 5.75 Å². The fourth-order valence-corrected chi connectivity index (χ4v) is 2.13. The molecule has 0 saturated heterocycles. The van der Waals surface area contributed by atoms with E-state index >= 15 is 0 Å². The highest BCUT2D eigenvalue weighted by Gasteiger charge is 2.46. The Hall–Kier alpha value is -1.51. The van der Waals surface area contributed by atoms with Crippen molar-refractivity contribution in [2.75, 3.05) is 14.2 Å². The van der Waals surface area contributed by atoms with Crippen LogP contribution >= 0.6 is 0 Å². The minimum atomic E-state index is -0.487. The number of carbonyl (C=O) groups excluding carboxylic acids is 1. The summed E-state index contributed by atoms with van der Waals surface area (Å²) in [6, 6.07) is 5.82. The molecule has 0 fully saturated rings. The number of hydrogen-bond acceptors (Lipinski definition) is 3. The minimum absolute atomic E-state index is 0.178. The van der Waals surface area contributed by atoms with E-state index in [1.807, 2.05) is 25.1 Å². The third-order valence-electron chi connectivity index (χ3n) is 3.09. The van der Waals surface area contributed by atoms with Crippen LogP contribution in [0.15, 0.2) is 18.2 Å². The number of methoxy groups -OCH3 is 2. The van der Waals surface area contributed by atoms with Gasteiger partial charge < -0.3 is 9.47 Å². The molecule has 15 heavy (non-hydrogen) atoms. The van der Waals surface area contributed by atoms with Gasteiger partial charge in [0, 0.05) is 0 Å². The Balaban J connectivity index is 2.39. The van der Waals surface area contributed by atoms with Gasteiger partial charge in [-0.25, -0.2) is 0 Å². The summed E-state index contributed by atoms with van der Waals surface area (Å²) in [7, 11) is 3.04. The Labute approximate surface area is 89.0 Å². The van der Waals surface area contributed by atoms with E-state index in [1.165, 1.54) is 12.7 Å². The van der Waals surface area contributed by atoms with Crippen molar-refractivity contribution in [2.24, 2.45) is 0 Å². The number of ether oxygens (including phenoxy) is 2. The van der Waals surface area contributed by atoms with Gasteiger partial charge in [0.25, 0.3) is 0 Å². The van der Waals surface area contributed by atoms with Crippen LogP contribution in [0.3, 0.4) is 0 Å². The SMILES string of the molecule is COC(=O)C1(C)Cc2ccc(OC)cc21. The average Bonchev–Trinajstić information content (AvgIpc) is 2.26. The van der Waals surface area contributed by atoms with Gasteiger partial charge in [0.2, 0.25) is 0 Å². The van der Waals surface area contributed by atoms with Crippen LogP contribution in [-0.4, -0.2) is 20.2 Å². The van der Waals surface area contributed by atoms with Crippen LogP contribution in [0, 0.1) is 0 Å². The van der Waals surface area contributed by atoms with Crippen molar-refractivity contribution in [1.82, 2.24) is 0 Å². The summed E-state index contributed by atoms with van der Waals surface area (Å²) in [5.74, 6) is 0.604. The molecular weight excluding hydrogens is 192 g/mol. The lowest BCUT2D eigenvalue weighted by Gasteiger charge is -2.38. The molecule has 1 atom stereocenters. The van der Waals surface area contributed by atoms with Crippen LogP contribution in [0.25, 0.3) is 0 Å². The summed E-state index contributed by atoms with van der Waals surface area (Å²) >= 11 is 0. The molecular formula is C12H14O3. The van der Waals surface area contributed by atoms with Crippen LogP contribution < -0.4 is 4.74 Å². The molecule has 0 radical (unpaired) electrons. The number of fused-ring (bicyclic) bond motifs is 1. The largest absolute Gasteiger partial charge is 0.497 e. The highest BCUT2D eigenvalue weighted by atomic mass is 16.5. The zero-order valence-electron chi connectivity index (χ0n) is 9.16. The van der Waals surface area contributed by atoms with E-state index in [-0.39, 0.29) is 5.97 Å². The van der Waals surface area contributed by atoms with E-state index in [0.29, 0.717) is 0 Å². The monoisotopic (exact) mass is 206 g/mol. The molecule has 0 amide bonds. The second-order valence-corrected chi connectivity index (χ2v) is 4.02. The molecule has 1 unspecified atom stereocenters. The van der Waals surface area contributed by atoms with Gasteiger partial charge in [-0.1, -0.05) is 6.07 Å². The molecule has 0 aliphatic heterocycles. The van der Waals surface area contributed by atoms with Crippen LogP contribution in [-0.2, 0) is 21.4 Å². The van der Waals surface area contributed by atoms with E-state index < -0.39 is 5.41 Å². The summed E-state index contributed by atoms with van der Waals surface area (Å²) in [5.41, 5.74) is 1.73. The minimum Gasteiger partial charge on any atom is -0.497 e. The van der Waals surface area contributed by atoms with E-state index in [1.54, 1.807) is 7.11 Å². The topological polar surface area (TPSA) is 35.5 Å². The van der Waals surface area contributed by atoms with E-state index in [9.17, 15) is 4.79 Å². The van der Waals surface area contributed by atoms with E-state index in [0.717, 1.165) is 17.7 Å². The molecule has 3 heteroatoms. The second kappa shape index (κ2) is 3.26. The molecule has 3 nitrogen and oxygen atoms in total. The summed E-state index contributed by atoms with van der Waals surface area (Å²) in [4.78, 5) is 11.6. The van der Waals surface area contributed by atoms with Gasteiger partial charge in [-0.3, -0.25) is 4.79 Å². The molecule has 1 aliphatic rings. The molecule has 0 bridgehead atoms. The fourth-order valence-electron chi connectivity index (χ4n) is 2.13. The van der Waals surface area contributed by atoms with Crippen molar-refractivity contribution in [3.05, 3.63) is 29.3 Å². The maximum Gasteiger partial charge on any atom is 0.316 e. The van der Waals surface area contributed by atoms with Gasteiger partial charge in [-0.2, -0.15) is 0 Å². The maximum absolute atomic E-state index is 11.6. The smallest absolute Gasteiger partial charge is 0.316 e. The second-order valence-electron chi connectivity index (χ2n) is 4.02. The Morgan fingerprint density at radius 1 is 1.40 bits per heavy atom. The lowest BCUT2D eigenvalue weighted by Crippen LogP contribution is -2.44. The van der Waals surface area contributed by atoms with Crippen molar-refractivity contribution in [3.63, 3.8) is 0 Å². The third kappa shape index (κ3) is 1.30. The highest BCUT2D eigenvalue weighted by molar-refractivity contribution is 5.86. The Morgan fingerprint density at radius 2 is 2.13 bits per heavy atom. The van der Waals surface area contributed by atoms with E-state index in [2.05, 4.69) is 0 Å². The van der Waals surface area contributed by atoms with Crippen LogP contribution in [0.4, 0.5) is 0 Å². The van der Waals surface area contributed by atoms with Crippen molar-refractivity contribution >= 4 is 5.97 Å². The van der Waals surface area contributed by atoms with Crippen molar-refractivity contribution in [2.45, 2.75) is 18.8 Å². The Bertz CT molecular complexity index is 411. The summed E-state index contributed by atoms with van der Waals surface area (Å²) < 4.78 is 9.95. The Kier molecular flexibility index (Phi) is 2.18. The lowest BCUT2D eigenvalue weighted by atomic mass is 9.65. The van der Waals surface area contributed by atoms with Crippen molar-refractivity contribution in [1.29, 1.82) is 0 Å². The normalized spacial score (nSPS) is 22.6. The first kappa shape index (κ1) is 10.0. The van der Waals surface area contributed by atoms with Gasteiger partial charge >= 0.3 is 5.97 Å². The van der Waals surface area contributed by atoms with Gasteiger partial charge in [0.15, 0.2) is 0 Å². The Morgan fingerprint density at radius 3 is 2.73 bits per heavy atom. The van der Waals surface area contributed by atoms with Crippen LogP contribution in [0.1, 0.15) is 18.1 Å². The number of carbonyl (C=O) groups is 1. The number of esters is 1. The van der Waals surface area contributed by atoms with Crippen LogP contribution in [0.2, 0.25) is 0 Å². The first-order valence-electron chi connectivity index (χ1n) is 4.87. The predicted molar refractivity (Wildman–Crippen MR) is 56.1 cm³/mol. The van der Waals surface area contributed by atoms with Gasteiger partial charge in [0.05, 0.1) is 19.6 Å². The molecule has 1 aromatic rings. The van der Waals surface area contributed by atoms with Crippen molar-refractivity contribution in [3.8, 4) is 5.75 Å². The molecule has 1 aliphatic carbocycles. The molecule has 2 rings (SSSR count). The lowest BCUT2D eigenvalue weighted by molar-refractivity contribution is -0.147. The molecule has 0 aromatic heterocycles. The maximum atomic E-state index is 11.6. The van der Waals surface area contributed by atoms with E-state index in [4.69, 9.17) is 9.47 Å². The van der Waals surface area contributed by atoms with Crippen LogP contribution in [0.5, 0.6) is 5.75 Å². The molecule has 0 spiro atoms. The number of rotatable bonds is 2. The first-order valence-corrected chi connectivity index (χ1v) is 4.87. The predicted octanol–water partition coefficient (Wildman–Crippen LogP) is 1.68. The number of benzene rings is 1. The summed E-state index contributed by atoms with van der Waals surface area (Å²) in [6.07, 6.45) is 0.749. The molecule has 0 saturated carbocycles. The zero-order chi connectivity index (χ0) is 11.1. The molecule has 1 aromatic carbocycles. The quantitative estimate of drug-likeness (QED) is 0.691. The van der Waals surface area contributed by atoms with Gasteiger partial charge in [-0.05, 0) is 36.6 Å². The standard InChI is InChI=1S/C12H14O3/c1-12(11(13)15-3)7-8-4-5-9(14-2)6-10(8)12/h4-6H,7H2,1-3H3.